The molecule has 2 aromatic rings. The zero-order chi connectivity index (χ0) is 14.8. The van der Waals surface area contributed by atoms with Crippen molar-refractivity contribution in [1.29, 1.82) is 0 Å². The van der Waals surface area contributed by atoms with Crippen molar-refractivity contribution in [3.63, 3.8) is 0 Å². The zero-order valence-corrected chi connectivity index (χ0v) is 13.8. The van der Waals surface area contributed by atoms with Crippen LogP contribution in [-0.4, -0.2) is 24.1 Å². The van der Waals surface area contributed by atoms with Crippen molar-refractivity contribution in [3.05, 3.63) is 45.8 Å². The van der Waals surface area contributed by atoms with Crippen molar-refractivity contribution in [1.82, 2.24) is 9.97 Å². The molecule has 21 heavy (non-hydrogen) atoms. The first-order valence-electron chi connectivity index (χ1n) is 7.08. The molecule has 0 amide bonds. The van der Waals surface area contributed by atoms with E-state index in [9.17, 15) is 0 Å². The van der Waals surface area contributed by atoms with Gasteiger partial charge < -0.3 is 10.1 Å². The average molecular weight is 348 g/mol. The maximum absolute atomic E-state index is 5.27. The standard InChI is InChI=1S/C16H18BrN3O/c1-18-16-14(17)15(11-6-7-11)19-13(20-16)9-10-4-3-5-12(8-10)21-2/h3-5,8,11H,6-7,9H2,1-2H3,(H,18,19,20). The lowest BCUT2D eigenvalue weighted by Gasteiger charge is -2.11. The molecule has 4 nitrogen and oxygen atoms in total. The minimum Gasteiger partial charge on any atom is -0.497 e. The van der Waals surface area contributed by atoms with E-state index >= 15 is 0 Å². The fraction of sp³-hybridized carbons (Fsp3) is 0.375. The Morgan fingerprint density at radius 2 is 2.14 bits per heavy atom. The molecule has 3 rings (SSSR count). The Kier molecular flexibility index (Phi) is 4.10. The molecule has 1 aromatic carbocycles. The lowest BCUT2D eigenvalue weighted by Crippen LogP contribution is -2.06. The second-order valence-corrected chi connectivity index (χ2v) is 6.03. The van der Waals surface area contributed by atoms with E-state index in [-0.39, 0.29) is 0 Å². The molecule has 0 aliphatic heterocycles. The van der Waals surface area contributed by atoms with E-state index in [1.807, 2.05) is 25.2 Å². The predicted molar refractivity (Wildman–Crippen MR) is 87.1 cm³/mol. The summed E-state index contributed by atoms with van der Waals surface area (Å²) in [6.07, 6.45) is 3.15. The van der Waals surface area contributed by atoms with Gasteiger partial charge >= 0.3 is 0 Å². The number of anilines is 1. The Hall–Kier alpha value is -1.62. The van der Waals surface area contributed by atoms with E-state index in [0.717, 1.165) is 33.1 Å². The lowest BCUT2D eigenvalue weighted by molar-refractivity contribution is 0.414. The molecule has 0 bridgehead atoms. The van der Waals surface area contributed by atoms with E-state index < -0.39 is 0 Å². The highest BCUT2D eigenvalue weighted by Crippen LogP contribution is 2.43. The Bertz CT molecular complexity index is 656. The summed E-state index contributed by atoms with van der Waals surface area (Å²) in [7, 11) is 3.57. The number of hydrogen-bond donors (Lipinski definition) is 1. The van der Waals surface area contributed by atoms with E-state index in [2.05, 4.69) is 32.3 Å². The van der Waals surface area contributed by atoms with Crippen LogP contribution in [0.2, 0.25) is 0 Å². The molecule has 1 aromatic heterocycles. The first-order chi connectivity index (χ1) is 10.2. The smallest absolute Gasteiger partial charge is 0.144 e. The van der Waals surface area contributed by atoms with Crippen LogP contribution < -0.4 is 10.1 Å². The van der Waals surface area contributed by atoms with E-state index in [0.29, 0.717) is 12.3 Å². The Morgan fingerprint density at radius 1 is 1.33 bits per heavy atom. The number of rotatable bonds is 5. The van der Waals surface area contributed by atoms with Crippen LogP contribution in [0.1, 0.15) is 35.8 Å². The van der Waals surface area contributed by atoms with Crippen molar-refractivity contribution in [2.45, 2.75) is 25.2 Å². The summed E-state index contributed by atoms with van der Waals surface area (Å²) >= 11 is 3.62. The summed E-state index contributed by atoms with van der Waals surface area (Å²) in [5.74, 6) is 3.15. The summed E-state index contributed by atoms with van der Waals surface area (Å²) in [6, 6.07) is 8.04. The van der Waals surface area contributed by atoms with Crippen LogP contribution in [0.15, 0.2) is 28.7 Å². The third kappa shape index (κ3) is 3.18. The third-order valence-corrected chi connectivity index (χ3v) is 4.40. The van der Waals surface area contributed by atoms with Crippen molar-refractivity contribution in [2.24, 2.45) is 0 Å². The Morgan fingerprint density at radius 3 is 2.81 bits per heavy atom. The number of hydrogen-bond acceptors (Lipinski definition) is 4. The lowest BCUT2D eigenvalue weighted by atomic mass is 10.1. The minimum atomic E-state index is 0.582. The van der Waals surface area contributed by atoms with Crippen molar-refractivity contribution in [2.75, 3.05) is 19.5 Å². The summed E-state index contributed by atoms with van der Waals surface area (Å²) in [6.45, 7) is 0. The predicted octanol–water partition coefficient (Wildman–Crippen LogP) is 3.76. The second kappa shape index (κ2) is 6.02. The Balaban J connectivity index is 1.92. The molecular formula is C16H18BrN3O. The van der Waals surface area contributed by atoms with Gasteiger partial charge in [-0.1, -0.05) is 12.1 Å². The highest BCUT2D eigenvalue weighted by Gasteiger charge is 2.29. The van der Waals surface area contributed by atoms with Gasteiger partial charge in [-0.3, -0.25) is 0 Å². The summed E-state index contributed by atoms with van der Waals surface area (Å²) in [4.78, 5) is 9.36. The van der Waals surface area contributed by atoms with Crippen molar-refractivity contribution < 1.29 is 4.74 Å². The van der Waals surface area contributed by atoms with Gasteiger partial charge in [0, 0.05) is 19.4 Å². The summed E-state index contributed by atoms with van der Waals surface area (Å²) < 4.78 is 6.27. The third-order valence-electron chi connectivity index (χ3n) is 3.62. The first-order valence-corrected chi connectivity index (χ1v) is 7.87. The number of benzene rings is 1. The maximum Gasteiger partial charge on any atom is 0.144 e. The van der Waals surface area contributed by atoms with Gasteiger partial charge in [0.15, 0.2) is 0 Å². The molecule has 1 aliphatic rings. The number of nitrogens with zero attached hydrogens (tertiary/aromatic N) is 2. The summed E-state index contributed by atoms with van der Waals surface area (Å²) in [5.41, 5.74) is 2.28. The quantitative estimate of drug-likeness (QED) is 0.894. The van der Waals surface area contributed by atoms with Gasteiger partial charge in [0.2, 0.25) is 0 Å². The normalized spacial score (nSPS) is 14.0. The van der Waals surface area contributed by atoms with Gasteiger partial charge in [-0.25, -0.2) is 9.97 Å². The maximum atomic E-state index is 5.27. The molecule has 110 valence electrons. The molecule has 1 fully saturated rings. The first kappa shape index (κ1) is 14.3. The molecule has 1 N–H and O–H groups in total. The topological polar surface area (TPSA) is 47.0 Å². The van der Waals surface area contributed by atoms with Crippen LogP contribution in [0.5, 0.6) is 5.75 Å². The van der Waals surface area contributed by atoms with Crippen LogP contribution in [0.25, 0.3) is 0 Å². The van der Waals surface area contributed by atoms with Crippen LogP contribution in [-0.2, 0) is 6.42 Å². The van der Waals surface area contributed by atoms with Gasteiger partial charge in [0.05, 0.1) is 17.3 Å². The molecule has 0 saturated heterocycles. The van der Waals surface area contributed by atoms with Gasteiger partial charge in [-0.05, 0) is 46.5 Å². The SMILES string of the molecule is CNc1nc(Cc2cccc(OC)c2)nc(C2CC2)c1Br. The van der Waals surface area contributed by atoms with Crippen LogP contribution in [0.4, 0.5) is 5.82 Å². The fourth-order valence-corrected chi connectivity index (χ4v) is 3.05. The largest absolute Gasteiger partial charge is 0.497 e. The highest BCUT2D eigenvalue weighted by molar-refractivity contribution is 9.10. The summed E-state index contributed by atoms with van der Waals surface area (Å²) in [5, 5.41) is 3.14. The second-order valence-electron chi connectivity index (χ2n) is 5.24. The van der Waals surface area contributed by atoms with Crippen molar-refractivity contribution >= 4 is 21.7 Å². The number of aromatic nitrogens is 2. The van der Waals surface area contributed by atoms with Crippen LogP contribution in [0, 0.1) is 0 Å². The van der Waals surface area contributed by atoms with Crippen molar-refractivity contribution in [3.8, 4) is 5.75 Å². The van der Waals surface area contributed by atoms with E-state index in [1.54, 1.807) is 7.11 Å². The number of nitrogens with one attached hydrogen (secondary N) is 1. The monoisotopic (exact) mass is 347 g/mol. The molecule has 1 aliphatic carbocycles. The van der Waals surface area contributed by atoms with Gasteiger partial charge in [-0.15, -0.1) is 0 Å². The van der Waals surface area contributed by atoms with E-state index in [1.165, 1.54) is 12.8 Å². The number of ether oxygens (including phenoxy) is 1. The molecule has 0 spiro atoms. The molecule has 5 heteroatoms. The van der Waals surface area contributed by atoms with E-state index in [4.69, 9.17) is 9.72 Å². The molecule has 1 heterocycles. The highest BCUT2D eigenvalue weighted by atomic mass is 79.9. The van der Waals surface area contributed by atoms with Crippen LogP contribution >= 0.6 is 15.9 Å². The van der Waals surface area contributed by atoms with Crippen LogP contribution in [0.3, 0.4) is 0 Å². The zero-order valence-electron chi connectivity index (χ0n) is 12.2. The molecular weight excluding hydrogens is 330 g/mol. The fourth-order valence-electron chi connectivity index (χ4n) is 2.35. The average Bonchev–Trinajstić information content (AvgIpc) is 3.33. The molecule has 0 atom stereocenters. The van der Waals surface area contributed by atoms with Gasteiger partial charge in [0.25, 0.3) is 0 Å². The minimum absolute atomic E-state index is 0.582. The Labute approximate surface area is 133 Å². The molecule has 1 saturated carbocycles. The number of methoxy groups -OCH3 is 1. The molecule has 0 unspecified atom stereocenters. The van der Waals surface area contributed by atoms with Gasteiger partial charge in [-0.2, -0.15) is 0 Å². The number of halogens is 1. The molecule has 0 radical (unpaired) electrons. The van der Waals surface area contributed by atoms with Gasteiger partial charge in [0.1, 0.15) is 17.4 Å².